The second kappa shape index (κ2) is 7.32. The summed E-state index contributed by atoms with van der Waals surface area (Å²) in [4.78, 5) is 25.7. The molecule has 140 valence electrons. The zero-order chi connectivity index (χ0) is 19.7. The van der Waals surface area contributed by atoms with Crippen LogP contribution in [-0.2, 0) is 13.6 Å². The fourth-order valence-corrected chi connectivity index (χ4v) is 3.26. The SMILES string of the molecule is Cn1cc(C(=O)NCc2ccccc2Cl)c2nn(-c3ccccc3)c(=O)c-2c1. The fraction of sp³-hybridized carbons (Fsp3) is 0.0952. The highest BCUT2D eigenvalue weighted by atomic mass is 35.5. The number of hydrogen-bond donors (Lipinski definition) is 1. The Balaban J connectivity index is 1.72. The van der Waals surface area contributed by atoms with Gasteiger partial charge in [0.1, 0.15) is 5.69 Å². The summed E-state index contributed by atoms with van der Waals surface area (Å²) >= 11 is 6.15. The number of hydrogen-bond acceptors (Lipinski definition) is 3. The zero-order valence-electron chi connectivity index (χ0n) is 15.1. The summed E-state index contributed by atoms with van der Waals surface area (Å²) in [5, 5.41) is 7.86. The Bertz CT molecular complexity index is 1180. The van der Waals surface area contributed by atoms with E-state index in [9.17, 15) is 9.59 Å². The van der Waals surface area contributed by atoms with E-state index in [2.05, 4.69) is 10.4 Å². The molecule has 28 heavy (non-hydrogen) atoms. The van der Waals surface area contributed by atoms with Gasteiger partial charge in [-0.3, -0.25) is 9.59 Å². The van der Waals surface area contributed by atoms with Crippen LogP contribution in [0.25, 0.3) is 16.9 Å². The van der Waals surface area contributed by atoms with Crippen molar-refractivity contribution >= 4 is 17.5 Å². The van der Waals surface area contributed by atoms with E-state index >= 15 is 0 Å². The average molecular weight is 393 g/mol. The Labute approximate surface area is 166 Å². The Morgan fingerprint density at radius 3 is 2.54 bits per heavy atom. The van der Waals surface area contributed by atoms with Gasteiger partial charge in [-0.1, -0.05) is 48.0 Å². The van der Waals surface area contributed by atoms with E-state index in [-0.39, 0.29) is 18.0 Å². The second-order valence-electron chi connectivity index (χ2n) is 6.43. The van der Waals surface area contributed by atoms with Crippen molar-refractivity contribution in [1.82, 2.24) is 19.7 Å². The van der Waals surface area contributed by atoms with E-state index in [1.165, 1.54) is 4.68 Å². The smallest absolute Gasteiger partial charge is 0.282 e. The van der Waals surface area contributed by atoms with E-state index in [0.29, 0.717) is 27.5 Å². The molecule has 0 aliphatic carbocycles. The number of rotatable bonds is 4. The van der Waals surface area contributed by atoms with Crippen LogP contribution in [0.15, 0.2) is 71.8 Å². The zero-order valence-corrected chi connectivity index (χ0v) is 15.8. The van der Waals surface area contributed by atoms with Gasteiger partial charge in [0.2, 0.25) is 0 Å². The summed E-state index contributed by atoms with van der Waals surface area (Å²) in [6.45, 7) is 0.280. The van der Waals surface area contributed by atoms with E-state index in [4.69, 9.17) is 11.6 Å². The molecule has 0 saturated carbocycles. The molecule has 0 unspecified atom stereocenters. The number of halogens is 1. The lowest BCUT2D eigenvalue weighted by atomic mass is 10.1. The van der Waals surface area contributed by atoms with Crippen molar-refractivity contribution < 1.29 is 4.79 Å². The monoisotopic (exact) mass is 392 g/mol. The van der Waals surface area contributed by atoms with Crippen molar-refractivity contribution in [2.75, 3.05) is 0 Å². The van der Waals surface area contributed by atoms with Crippen LogP contribution in [0.1, 0.15) is 15.9 Å². The van der Waals surface area contributed by atoms with Gasteiger partial charge in [-0.2, -0.15) is 9.78 Å². The second-order valence-corrected chi connectivity index (χ2v) is 6.83. The van der Waals surface area contributed by atoms with Gasteiger partial charge in [-0.05, 0) is 23.8 Å². The first-order valence-corrected chi connectivity index (χ1v) is 9.08. The van der Waals surface area contributed by atoms with Gasteiger partial charge < -0.3 is 9.88 Å². The molecule has 0 radical (unpaired) electrons. The van der Waals surface area contributed by atoms with Gasteiger partial charge in [0, 0.05) is 31.0 Å². The van der Waals surface area contributed by atoms with E-state index in [1.807, 2.05) is 36.4 Å². The molecule has 0 fully saturated rings. The summed E-state index contributed by atoms with van der Waals surface area (Å²) in [5.41, 5.74) is 2.28. The number of aromatic nitrogens is 3. The Morgan fingerprint density at radius 1 is 1.07 bits per heavy atom. The number of fused-ring (bicyclic) bond motifs is 1. The van der Waals surface area contributed by atoms with Crippen LogP contribution >= 0.6 is 11.6 Å². The van der Waals surface area contributed by atoms with Gasteiger partial charge in [0.25, 0.3) is 11.5 Å². The minimum absolute atomic E-state index is 0.266. The molecule has 1 N–H and O–H groups in total. The van der Waals surface area contributed by atoms with Crippen molar-refractivity contribution in [2.45, 2.75) is 6.54 Å². The number of aryl methyl sites for hydroxylation is 1. The molecular formula is C21H17ClN4O2. The number of para-hydroxylation sites is 1. The molecule has 2 aromatic carbocycles. The molecule has 2 aliphatic heterocycles. The van der Waals surface area contributed by atoms with Crippen molar-refractivity contribution in [1.29, 1.82) is 0 Å². The number of amides is 1. The number of nitrogens with zero attached hydrogens (tertiary/aromatic N) is 3. The molecule has 0 bridgehead atoms. The molecule has 6 nitrogen and oxygen atoms in total. The maximum atomic E-state index is 12.8. The first kappa shape index (κ1) is 18.0. The minimum atomic E-state index is -0.321. The molecule has 2 aliphatic rings. The van der Waals surface area contributed by atoms with E-state index in [1.54, 1.807) is 42.2 Å². The van der Waals surface area contributed by atoms with Crippen LogP contribution in [0.5, 0.6) is 0 Å². The van der Waals surface area contributed by atoms with Gasteiger partial charge in [0.05, 0.1) is 16.8 Å². The molecule has 2 aromatic rings. The maximum absolute atomic E-state index is 12.8. The van der Waals surface area contributed by atoms with Crippen LogP contribution in [0.4, 0.5) is 0 Å². The third kappa shape index (κ3) is 3.30. The van der Waals surface area contributed by atoms with Crippen molar-refractivity contribution in [3.63, 3.8) is 0 Å². The summed E-state index contributed by atoms with van der Waals surface area (Å²) in [6, 6.07) is 16.4. The van der Waals surface area contributed by atoms with Gasteiger partial charge in [-0.25, -0.2) is 0 Å². The summed E-state index contributed by atoms with van der Waals surface area (Å²) in [7, 11) is 1.77. The minimum Gasteiger partial charge on any atom is -0.356 e. The molecule has 0 aromatic heterocycles. The summed E-state index contributed by atoms with van der Waals surface area (Å²) in [6.07, 6.45) is 3.33. The van der Waals surface area contributed by atoms with Crippen molar-refractivity contribution in [2.24, 2.45) is 7.05 Å². The molecule has 2 heterocycles. The van der Waals surface area contributed by atoms with Gasteiger partial charge >= 0.3 is 0 Å². The lowest BCUT2D eigenvalue weighted by Gasteiger charge is -2.10. The summed E-state index contributed by atoms with van der Waals surface area (Å²) in [5.74, 6) is -0.321. The number of benzene rings is 2. The van der Waals surface area contributed by atoms with Crippen LogP contribution in [-0.4, -0.2) is 20.3 Å². The molecular weight excluding hydrogens is 376 g/mol. The highest BCUT2D eigenvalue weighted by Crippen LogP contribution is 2.22. The predicted molar refractivity (Wildman–Crippen MR) is 108 cm³/mol. The molecule has 0 atom stereocenters. The Kier molecular flexibility index (Phi) is 4.71. The molecule has 4 rings (SSSR count). The Morgan fingerprint density at radius 2 is 1.79 bits per heavy atom. The number of carbonyl (C=O) groups is 1. The first-order chi connectivity index (χ1) is 13.5. The normalized spacial score (nSPS) is 10.9. The molecule has 0 saturated heterocycles. The first-order valence-electron chi connectivity index (χ1n) is 8.70. The van der Waals surface area contributed by atoms with Crippen LogP contribution in [0.2, 0.25) is 5.02 Å². The summed E-state index contributed by atoms with van der Waals surface area (Å²) < 4.78 is 3.00. The van der Waals surface area contributed by atoms with Crippen LogP contribution in [0, 0.1) is 0 Å². The molecule has 1 amide bonds. The third-order valence-corrected chi connectivity index (χ3v) is 4.81. The Hall–Kier alpha value is -3.38. The highest BCUT2D eigenvalue weighted by Gasteiger charge is 2.23. The van der Waals surface area contributed by atoms with Crippen LogP contribution in [0.3, 0.4) is 0 Å². The molecule has 0 spiro atoms. The standard InChI is InChI=1S/C21H17ClN4O2/c1-25-12-16(20(27)23-11-14-7-5-6-10-18(14)22)19-17(13-25)21(28)26(24-19)15-8-3-2-4-9-15/h2-10,12-13H,11H2,1H3,(H,23,27). The largest absolute Gasteiger partial charge is 0.356 e. The van der Waals surface area contributed by atoms with E-state index in [0.717, 1.165) is 5.56 Å². The maximum Gasteiger partial charge on any atom is 0.282 e. The highest BCUT2D eigenvalue weighted by molar-refractivity contribution is 6.31. The predicted octanol–water partition coefficient (Wildman–Crippen LogP) is 3.26. The topological polar surface area (TPSA) is 68.9 Å². The van der Waals surface area contributed by atoms with Crippen LogP contribution < -0.4 is 10.9 Å². The molecule has 7 heteroatoms. The quantitative estimate of drug-likeness (QED) is 0.579. The van der Waals surface area contributed by atoms with Crippen molar-refractivity contribution in [3.8, 4) is 16.9 Å². The van der Waals surface area contributed by atoms with E-state index < -0.39 is 0 Å². The number of nitrogens with one attached hydrogen (secondary N) is 1. The lowest BCUT2D eigenvalue weighted by molar-refractivity contribution is 0.0950. The third-order valence-electron chi connectivity index (χ3n) is 4.44. The lowest BCUT2D eigenvalue weighted by Crippen LogP contribution is -2.24. The van der Waals surface area contributed by atoms with Gasteiger partial charge in [-0.15, -0.1) is 0 Å². The number of carbonyl (C=O) groups excluding carboxylic acids is 1. The average Bonchev–Trinajstić information content (AvgIpc) is 3.04. The number of pyridine rings is 1. The van der Waals surface area contributed by atoms with Gasteiger partial charge in [0.15, 0.2) is 0 Å². The van der Waals surface area contributed by atoms with Crippen molar-refractivity contribution in [3.05, 3.63) is 93.5 Å². The fourth-order valence-electron chi connectivity index (χ4n) is 3.06.